The van der Waals surface area contributed by atoms with Crippen LogP contribution < -0.4 is 9.64 Å². The molecule has 1 saturated heterocycles. The van der Waals surface area contributed by atoms with Gasteiger partial charge in [-0.3, -0.25) is 4.79 Å². The number of aromatic nitrogens is 1. The molecule has 3 heterocycles. The van der Waals surface area contributed by atoms with Gasteiger partial charge in [0.2, 0.25) is 11.8 Å². The van der Waals surface area contributed by atoms with Crippen LogP contribution in [-0.4, -0.2) is 47.8 Å². The number of nitrogens with zero attached hydrogens (tertiary/aromatic N) is 2. The van der Waals surface area contributed by atoms with E-state index in [9.17, 15) is 4.79 Å². The van der Waals surface area contributed by atoms with Gasteiger partial charge < -0.3 is 14.4 Å². The van der Waals surface area contributed by atoms with Crippen molar-refractivity contribution in [3.05, 3.63) is 18.3 Å². The van der Waals surface area contributed by atoms with Gasteiger partial charge in [-0.2, -0.15) is 0 Å². The molecule has 1 fully saturated rings. The molecule has 0 saturated carbocycles. The molecule has 3 rings (SSSR count). The molecule has 5 nitrogen and oxygen atoms in total. The Kier molecular flexibility index (Phi) is 5.20. The maximum atomic E-state index is 12.5. The number of rotatable bonds is 4. The summed E-state index contributed by atoms with van der Waals surface area (Å²) in [6, 6.07) is 3.72. The first-order valence-corrected chi connectivity index (χ1v) is 9.01. The number of hydrogen-bond acceptors (Lipinski definition) is 5. The van der Waals surface area contributed by atoms with E-state index in [-0.39, 0.29) is 12.0 Å². The lowest BCUT2D eigenvalue weighted by atomic mass is 10.1. The number of amides is 1. The zero-order chi connectivity index (χ0) is 15.4. The van der Waals surface area contributed by atoms with Crippen LogP contribution in [0.3, 0.4) is 0 Å². The van der Waals surface area contributed by atoms with Gasteiger partial charge in [-0.05, 0) is 38.3 Å². The predicted molar refractivity (Wildman–Crippen MR) is 87.6 cm³/mol. The van der Waals surface area contributed by atoms with E-state index in [0.717, 1.165) is 30.9 Å². The smallest absolute Gasteiger partial charge is 0.238 e. The van der Waals surface area contributed by atoms with Crippen LogP contribution in [0.1, 0.15) is 26.2 Å². The molecule has 0 bridgehead atoms. The van der Waals surface area contributed by atoms with Crippen LogP contribution in [0.2, 0.25) is 0 Å². The number of hydrogen-bond donors (Lipinski definition) is 0. The predicted octanol–water partition coefficient (Wildman–Crippen LogP) is 2.50. The summed E-state index contributed by atoms with van der Waals surface area (Å²) in [7, 11) is 0. The van der Waals surface area contributed by atoms with Gasteiger partial charge in [0.05, 0.1) is 18.4 Å². The van der Waals surface area contributed by atoms with Crippen molar-refractivity contribution in [1.29, 1.82) is 0 Å². The maximum absolute atomic E-state index is 12.5. The Morgan fingerprint density at radius 1 is 1.50 bits per heavy atom. The summed E-state index contributed by atoms with van der Waals surface area (Å²) in [5.74, 6) is 2.03. The summed E-state index contributed by atoms with van der Waals surface area (Å²) < 4.78 is 11.4. The van der Waals surface area contributed by atoms with Gasteiger partial charge in [-0.1, -0.05) is 0 Å². The van der Waals surface area contributed by atoms with Crippen molar-refractivity contribution in [2.24, 2.45) is 0 Å². The average molecular weight is 322 g/mol. The molecule has 2 aliphatic heterocycles. The van der Waals surface area contributed by atoms with Crippen molar-refractivity contribution in [3.8, 4) is 5.88 Å². The van der Waals surface area contributed by atoms with Crippen molar-refractivity contribution in [1.82, 2.24) is 4.98 Å². The van der Waals surface area contributed by atoms with Crippen LogP contribution >= 0.6 is 11.8 Å². The fraction of sp³-hybridized carbons (Fsp3) is 0.625. The number of anilines is 1. The highest BCUT2D eigenvalue weighted by Gasteiger charge is 2.28. The van der Waals surface area contributed by atoms with E-state index >= 15 is 0 Å². The van der Waals surface area contributed by atoms with Crippen LogP contribution in [0.15, 0.2) is 18.3 Å². The van der Waals surface area contributed by atoms with Gasteiger partial charge in [-0.25, -0.2) is 4.98 Å². The van der Waals surface area contributed by atoms with Crippen LogP contribution in [0.4, 0.5) is 5.69 Å². The Hall–Kier alpha value is -1.27. The quantitative estimate of drug-likeness (QED) is 0.852. The standard InChI is InChI=1S/C16H22N2O3S/c1-12-9-18(14-6-4-7-17-16(14)21-12)15(19)11-22-10-13-5-2-3-8-20-13/h4,6-7,12-13H,2-3,5,8-11H2,1H3/t12-,13+/m0/s1. The first-order valence-electron chi connectivity index (χ1n) is 7.85. The highest BCUT2D eigenvalue weighted by molar-refractivity contribution is 8.00. The molecular weight excluding hydrogens is 300 g/mol. The lowest BCUT2D eigenvalue weighted by Crippen LogP contribution is -2.43. The fourth-order valence-electron chi connectivity index (χ4n) is 2.79. The largest absolute Gasteiger partial charge is 0.471 e. The summed E-state index contributed by atoms with van der Waals surface area (Å²) in [5, 5.41) is 0. The van der Waals surface area contributed by atoms with Gasteiger partial charge in [0, 0.05) is 18.6 Å². The third kappa shape index (κ3) is 3.73. The number of carbonyl (C=O) groups excluding carboxylic acids is 1. The molecule has 0 aliphatic carbocycles. The van der Waals surface area contributed by atoms with Crippen molar-refractivity contribution < 1.29 is 14.3 Å². The topological polar surface area (TPSA) is 51.7 Å². The van der Waals surface area contributed by atoms with E-state index in [4.69, 9.17) is 9.47 Å². The molecule has 0 radical (unpaired) electrons. The second-order valence-corrected chi connectivity index (χ2v) is 6.79. The summed E-state index contributed by atoms with van der Waals surface area (Å²) in [6.07, 6.45) is 5.48. The minimum Gasteiger partial charge on any atom is -0.471 e. The molecule has 2 aliphatic rings. The first-order chi connectivity index (χ1) is 10.7. The number of pyridine rings is 1. The van der Waals surface area contributed by atoms with Crippen LogP contribution in [0, 0.1) is 0 Å². The number of fused-ring (bicyclic) bond motifs is 1. The fourth-order valence-corrected chi connectivity index (χ4v) is 3.77. The number of ether oxygens (including phenoxy) is 2. The van der Waals surface area contributed by atoms with E-state index in [1.54, 1.807) is 22.9 Å². The lowest BCUT2D eigenvalue weighted by molar-refractivity contribution is -0.116. The molecular formula is C16H22N2O3S. The lowest BCUT2D eigenvalue weighted by Gasteiger charge is -2.32. The summed E-state index contributed by atoms with van der Waals surface area (Å²) in [6.45, 7) is 3.40. The summed E-state index contributed by atoms with van der Waals surface area (Å²) in [4.78, 5) is 18.5. The van der Waals surface area contributed by atoms with Gasteiger partial charge in [0.25, 0.3) is 0 Å². The molecule has 22 heavy (non-hydrogen) atoms. The monoisotopic (exact) mass is 322 g/mol. The Bertz CT molecular complexity index is 520. The highest BCUT2D eigenvalue weighted by Crippen LogP contribution is 2.31. The molecule has 1 aromatic rings. The second-order valence-electron chi connectivity index (χ2n) is 5.76. The highest BCUT2D eigenvalue weighted by atomic mass is 32.2. The van der Waals surface area contributed by atoms with Crippen LogP contribution in [0.25, 0.3) is 0 Å². The molecule has 0 aromatic carbocycles. The average Bonchev–Trinajstić information content (AvgIpc) is 2.55. The molecule has 0 unspecified atom stereocenters. The third-order valence-corrected chi connectivity index (χ3v) is 4.96. The Balaban J connectivity index is 1.55. The van der Waals surface area contributed by atoms with Gasteiger partial charge >= 0.3 is 0 Å². The molecule has 1 aromatic heterocycles. The van der Waals surface area contributed by atoms with Gasteiger partial charge in [-0.15, -0.1) is 11.8 Å². The Morgan fingerprint density at radius 2 is 2.41 bits per heavy atom. The second kappa shape index (κ2) is 7.33. The minimum absolute atomic E-state index is 0.0296. The van der Waals surface area contributed by atoms with Crippen molar-refractivity contribution >= 4 is 23.4 Å². The van der Waals surface area contributed by atoms with E-state index in [1.165, 1.54) is 6.42 Å². The Labute approximate surface area is 135 Å². The molecule has 120 valence electrons. The van der Waals surface area contributed by atoms with E-state index in [0.29, 0.717) is 24.3 Å². The summed E-state index contributed by atoms with van der Waals surface area (Å²) >= 11 is 1.66. The zero-order valence-electron chi connectivity index (χ0n) is 12.9. The van der Waals surface area contributed by atoms with Gasteiger partial charge in [0.15, 0.2) is 0 Å². The van der Waals surface area contributed by atoms with Crippen molar-refractivity contribution in [2.45, 2.75) is 38.4 Å². The molecule has 1 amide bonds. The minimum atomic E-state index is -0.0296. The SMILES string of the molecule is C[C@H]1CN(C(=O)CSC[C@H]2CCCCO2)c2cccnc2O1. The maximum Gasteiger partial charge on any atom is 0.238 e. The summed E-state index contributed by atoms with van der Waals surface area (Å²) in [5.41, 5.74) is 0.778. The molecule has 0 N–H and O–H groups in total. The van der Waals surface area contributed by atoms with Crippen molar-refractivity contribution in [2.75, 3.05) is 29.6 Å². The first kappa shape index (κ1) is 15.6. The van der Waals surface area contributed by atoms with Gasteiger partial charge in [0.1, 0.15) is 11.8 Å². The Morgan fingerprint density at radius 3 is 3.23 bits per heavy atom. The zero-order valence-corrected chi connectivity index (χ0v) is 13.7. The molecule has 0 spiro atoms. The van der Waals surface area contributed by atoms with E-state index in [2.05, 4.69) is 4.98 Å². The number of thioether (sulfide) groups is 1. The van der Waals surface area contributed by atoms with E-state index in [1.807, 2.05) is 19.1 Å². The molecule has 6 heteroatoms. The number of carbonyl (C=O) groups is 1. The van der Waals surface area contributed by atoms with E-state index < -0.39 is 0 Å². The molecule has 2 atom stereocenters. The van der Waals surface area contributed by atoms with Crippen molar-refractivity contribution in [3.63, 3.8) is 0 Å². The van der Waals surface area contributed by atoms with Crippen LogP contribution in [-0.2, 0) is 9.53 Å². The third-order valence-electron chi connectivity index (χ3n) is 3.90. The normalized spacial score (nSPS) is 24.5. The van der Waals surface area contributed by atoms with Crippen LogP contribution in [0.5, 0.6) is 5.88 Å².